The molecule has 6 heteroatoms. The molecule has 0 radical (unpaired) electrons. The van der Waals surface area contributed by atoms with Crippen LogP contribution in [0.3, 0.4) is 0 Å². The van der Waals surface area contributed by atoms with Crippen LogP contribution in [0.1, 0.15) is 31.4 Å². The summed E-state index contributed by atoms with van der Waals surface area (Å²) >= 11 is 0. The van der Waals surface area contributed by atoms with Gasteiger partial charge in [0.2, 0.25) is 5.91 Å². The zero-order chi connectivity index (χ0) is 16.9. The van der Waals surface area contributed by atoms with E-state index in [4.69, 9.17) is 4.74 Å². The largest absolute Gasteiger partial charge is 0.367 e. The second kappa shape index (κ2) is 7.66. The number of benzene rings is 1. The fourth-order valence-electron chi connectivity index (χ4n) is 3.31. The van der Waals surface area contributed by atoms with Gasteiger partial charge in [0.05, 0.1) is 19.2 Å². The van der Waals surface area contributed by atoms with Gasteiger partial charge in [-0.2, -0.15) is 0 Å². The molecule has 0 aliphatic carbocycles. The number of urea groups is 1. The maximum absolute atomic E-state index is 12.4. The minimum atomic E-state index is -0.196. The summed E-state index contributed by atoms with van der Waals surface area (Å²) in [5, 5.41) is 2.76. The monoisotopic (exact) mass is 331 g/mol. The van der Waals surface area contributed by atoms with E-state index in [0.29, 0.717) is 13.1 Å². The molecular weight excluding hydrogens is 306 g/mol. The van der Waals surface area contributed by atoms with Crippen LogP contribution in [0.15, 0.2) is 30.3 Å². The zero-order valence-corrected chi connectivity index (χ0v) is 14.1. The fraction of sp³-hybridized carbons (Fsp3) is 0.556. The molecule has 1 aromatic carbocycles. The van der Waals surface area contributed by atoms with E-state index in [-0.39, 0.29) is 30.7 Å². The van der Waals surface area contributed by atoms with Crippen molar-refractivity contribution in [2.24, 2.45) is 0 Å². The van der Waals surface area contributed by atoms with Gasteiger partial charge in [-0.3, -0.25) is 4.79 Å². The lowest BCUT2D eigenvalue weighted by molar-refractivity contribution is -0.129. The first-order valence-corrected chi connectivity index (χ1v) is 8.64. The molecule has 2 fully saturated rings. The summed E-state index contributed by atoms with van der Waals surface area (Å²) in [5.41, 5.74) is 1.06. The van der Waals surface area contributed by atoms with E-state index in [0.717, 1.165) is 31.5 Å². The van der Waals surface area contributed by atoms with Gasteiger partial charge in [-0.25, -0.2) is 4.79 Å². The van der Waals surface area contributed by atoms with E-state index in [1.807, 2.05) is 42.2 Å². The van der Waals surface area contributed by atoms with E-state index >= 15 is 0 Å². The Morgan fingerprint density at radius 1 is 1.12 bits per heavy atom. The van der Waals surface area contributed by atoms with Crippen molar-refractivity contribution < 1.29 is 14.3 Å². The van der Waals surface area contributed by atoms with Crippen LogP contribution in [0.5, 0.6) is 0 Å². The van der Waals surface area contributed by atoms with Crippen LogP contribution in [0.25, 0.3) is 0 Å². The lowest BCUT2D eigenvalue weighted by Gasteiger charge is -2.37. The van der Waals surface area contributed by atoms with Crippen LogP contribution in [0.2, 0.25) is 0 Å². The highest BCUT2D eigenvalue weighted by molar-refractivity contribution is 5.84. The van der Waals surface area contributed by atoms with Gasteiger partial charge in [0.25, 0.3) is 0 Å². The second-order valence-electron chi connectivity index (χ2n) is 6.50. The summed E-state index contributed by atoms with van der Waals surface area (Å²) in [7, 11) is 0. The molecule has 1 aromatic rings. The number of ether oxygens (including phenoxy) is 1. The summed E-state index contributed by atoms with van der Waals surface area (Å²) in [6.07, 6.45) is 1.94. The number of nitrogens with zero attached hydrogens (tertiary/aromatic N) is 2. The van der Waals surface area contributed by atoms with Crippen LogP contribution in [0, 0.1) is 0 Å². The number of likely N-dealkylation sites (tertiary alicyclic amines) is 1. The number of rotatable bonds is 3. The Kier molecular flexibility index (Phi) is 5.35. The van der Waals surface area contributed by atoms with Crippen LogP contribution in [-0.4, -0.2) is 60.6 Å². The van der Waals surface area contributed by atoms with Crippen molar-refractivity contribution in [3.8, 4) is 0 Å². The van der Waals surface area contributed by atoms with Crippen molar-refractivity contribution in [2.45, 2.75) is 32.0 Å². The number of morpholine rings is 1. The minimum absolute atomic E-state index is 0.00164. The summed E-state index contributed by atoms with van der Waals surface area (Å²) < 4.78 is 5.96. The van der Waals surface area contributed by atoms with Crippen LogP contribution < -0.4 is 5.32 Å². The minimum Gasteiger partial charge on any atom is -0.367 e. The van der Waals surface area contributed by atoms with Gasteiger partial charge in [-0.15, -0.1) is 0 Å². The van der Waals surface area contributed by atoms with Crippen molar-refractivity contribution in [2.75, 3.05) is 32.7 Å². The smallest absolute Gasteiger partial charge is 0.318 e. The van der Waals surface area contributed by atoms with E-state index in [2.05, 4.69) is 5.32 Å². The maximum Gasteiger partial charge on any atom is 0.318 e. The maximum atomic E-state index is 12.4. The third-order valence-electron chi connectivity index (χ3n) is 4.57. The fourth-order valence-corrected chi connectivity index (χ4v) is 3.31. The van der Waals surface area contributed by atoms with E-state index < -0.39 is 0 Å². The van der Waals surface area contributed by atoms with Crippen LogP contribution in [0.4, 0.5) is 4.79 Å². The Bertz CT molecular complexity index is 572. The molecule has 2 heterocycles. The van der Waals surface area contributed by atoms with Crippen molar-refractivity contribution in [3.63, 3.8) is 0 Å². The first-order valence-electron chi connectivity index (χ1n) is 8.64. The molecule has 3 amide bonds. The van der Waals surface area contributed by atoms with E-state index in [9.17, 15) is 9.59 Å². The molecular formula is C18H25N3O3. The standard InChI is InChI=1S/C18H25N3O3/c1-14-12-21(13-16(24-14)15-7-3-2-4-8-15)18(23)19-11-17(22)20-9-5-6-10-20/h2-4,7-8,14,16H,5-6,9-13H2,1H3,(H,19,23)/t14-,16-/m0/s1. The molecule has 24 heavy (non-hydrogen) atoms. The van der Waals surface area contributed by atoms with Gasteiger partial charge in [0.15, 0.2) is 0 Å². The topological polar surface area (TPSA) is 61.9 Å². The van der Waals surface area contributed by atoms with Crippen molar-refractivity contribution in [3.05, 3.63) is 35.9 Å². The Labute approximate surface area is 142 Å². The Morgan fingerprint density at radius 2 is 1.83 bits per heavy atom. The highest BCUT2D eigenvalue weighted by Gasteiger charge is 2.29. The summed E-state index contributed by atoms with van der Waals surface area (Å²) in [6, 6.07) is 9.72. The molecule has 2 atom stereocenters. The molecule has 3 rings (SSSR count). The number of amides is 3. The first kappa shape index (κ1) is 16.8. The van der Waals surface area contributed by atoms with Crippen LogP contribution in [-0.2, 0) is 9.53 Å². The quantitative estimate of drug-likeness (QED) is 0.918. The predicted molar refractivity (Wildman–Crippen MR) is 90.5 cm³/mol. The third kappa shape index (κ3) is 4.06. The molecule has 0 aromatic heterocycles. The number of hydrogen-bond donors (Lipinski definition) is 1. The number of nitrogens with one attached hydrogen (secondary N) is 1. The van der Waals surface area contributed by atoms with Crippen molar-refractivity contribution >= 4 is 11.9 Å². The van der Waals surface area contributed by atoms with Gasteiger partial charge in [-0.05, 0) is 25.3 Å². The van der Waals surface area contributed by atoms with Crippen molar-refractivity contribution in [1.82, 2.24) is 15.1 Å². The van der Waals surface area contributed by atoms with Gasteiger partial charge < -0.3 is 19.9 Å². The highest BCUT2D eigenvalue weighted by Crippen LogP contribution is 2.24. The molecule has 0 bridgehead atoms. The summed E-state index contributed by atoms with van der Waals surface area (Å²) in [6.45, 7) is 4.68. The van der Waals surface area contributed by atoms with E-state index in [1.165, 1.54) is 0 Å². The number of carbonyl (C=O) groups excluding carboxylic acids is 2. The molecule has 2 saturated heterocycles. The van der Waals surface area contributed by atoms with Gasteiger partial charge >= 0.3 is 6.03 Å². The lowest BCUT2D eigenvalue weighted by Crippen LogP contribution is -2.51. The number of hydrogen-bond acceptors (Lipinski definition) is 3. The zero-order valence-electron chi connectivity index (χ0n) is 14.1. The van der Waals surface area contributed by atoms with E-state index in [1.54, 1.807) is 4.90 Å². The lowest BCUT2D eigenvalue weighted by atomic mass is 10.1. The second-order valence-corrected chi connectivity index (χ2v) is 6.50. The molecule has 2 aliphatic rings. The SMILES string of the molecule is C[C@H]1CN(C(=O)NCC(=O)N2CCCC2)C[C@@H](c2ccccc2)O1. The van der Waals surface area contributed by atoms with Crippen molar-refractivity contribution in [1.29, 1.82) is 0 Å². The normalized spacial score (nSPS) is 24.0. The molecule has 0 unspecified atom stereocenters. The van der Waals surface area contributed by atoms with Gasteiger partial charge in [0.1, 0.15) is 6.10 Å². The Hall–Kier alpha value is -2.08. The number of carbonyl (C=O) groups is 2. The molecule has 130 valence electrons. The van der Waals surface area contributed by atoms with Crippen LogP contribution >= 0.6 is 0 Å². The molecule has 6 nitrogen and oxygen atoms in total. The third-order valence-corrected chi connectivity index (χ3v) is 4.57. The average molecular weight is 331 g/mol. The molecule has 0 spiro atoms. The summed E-state index contributed by atoms with van der Waals surface area (Å²) in [5.74, 6) is 0.00164. The molecule has 0 saturated carbocycles. The van der Waals surface area contributed by atoms with Gasteiger partial charge in [-0.1, -0.05) is 30.3 Å². The molecule has 2 aliphatic heterocycles. The first-order chi connectivity index (χ1) is 11.6. The Morgan fingerprint density at radius 3 is 2.54 bits per heavy atom. The average Bonchev–Trinajstić information content (AvgIpc) is 3.14. The Balaban J connectivity index is 1.54. The summed E-state index contributed by atoms with van der Waals surface area (Å²) in [4.78, 5) is 28.0. The predicted octanol–water partition coefficient (Wildman–Crippen LogP) is 1.78. The van der Waals surface area contributed by atoms with Gasteiger partial charge in [0, 0.05) is 19.6 Å². The molecule has 1 N–H and O–H groups in total. The highest BCUT2D eigenvalue weighted by atomic mass is 16.5.